The fourth-order valence-electron chi connectivity index (χ4n) is 3.14. The quantitative estimate of drug-likeness (QED) is 0.828. The van der Waals surface area contributed by atoms with Crippen molar-refractivity contribution in [2.24, 2.45) is 5.73 Å². The number of rotatable bonds is 2. The SMILES string of the molecule is Cl.Cl.NC1(C(=O)N2CCN(c3cc(F)ccc3F)CC2)CCOCC1. The van der Waals surface area contributed by atoms with Crippen LogP contribution in [-0.2, 0) is 9.53 Å². The minimum absolute atomic E-state index is 0. The Hall–Kier alpha value is -1.15. The van der Waals surface area contributed by atoms with Crippen molar-refractivity contribution in [3.63, 3.8) is 0 Å². The lowest BCUT2D eigenvalue weighted by Gasteiger charge is -2.41. The van der Waals surface area contributed by atoms with Crippen molar-refractivity contribution in [2.45, 2.75) is 18.4 Å². The summed E-state index contributed by atoms with van der Waals surface area (Å²) in [5, 5.41) is 0. The average molecular weight is 398 g/mol. The molecule has 0 bridgehead atoms. The molecule has 2 aliphatic heterocycles. The van der Waals surface area contributed by atoms with E-state index in [0.717, 1.165) is 12.1 Å². The molecule has 2 N–H and O–H groups in total. The third-order valence-corrected chi connectivity index (χ3v) is 4.63. The summed E-state index contributed by atoms with van der Waals surface area (Å²) >= 11 is 0. The maximum atomic E-state index is 13.8. The molecule has 0 spiro atoms. The van der Waals surface area contributed by atoms with Crippen LogP contribution in [0.5, 0.6) is 0 Å². The van der Waals surface area contributed by atoms with Crippen LogP contribution in [-0.4, -0.2) is 55.7 Å². The lowest BCUT2D eigenvalue weighted by Crippen LogP contribution is -2.61. The molecule has 142 valence electrons. The summed E-state index contributed by atoms with van der Waals surface area (Å²) in [4.78, 5) is 16.1. The molecule has 1 amide bonds. The lowest BCUT2D eigenvalue weighted by atomic mass is 9.89. The van der Waals surface area contributed by atoms with E-state index in [-0.39, 0.29) is 36.4 Å². The Labute approximate surface area is 158 Å². The first-order valence-electron chi connectivity index (χ1n) is 7.86. The number of carbonyl (C=O) groups is 1. The van der Waals surface area contributed by atoms with E-state index in [0.29, 0.717) is 52.2 Å². The van der Waals surface area contributed by atoms with Crippen molar-refractivity contribution < 1.29 is 18.3 Å². The zero-order chi connectivity index (χ0) is 16.4. The number of piperazine rings is 1. The summed E-state index contributed by atoms with van der Waals surface area (Å²) in [5.74, 6) is -0.992. The van der Waals surface area contributed by atoms with Crippen LogP contribution in [0.25, 0.3) is 0 Å². The first-order valence-corrected chi connectivity index (χ1v) is 7.86. The molecule has 1 aromatic rings. The molecular weight excluding hydrogens is 375 g/mol. The summed E-state index contributed by atoms with van der Waals surface area (Å²) < 4.78 is 32.4. The van der Waals surface area contributed by atoms with Crippen molar-refractivity contribution in [3.05, 3.63) is 29.8 Å². The molecule has 0 radical (unpaired) electrons. The molecule has 2 aliphatic rings. The van der Waals surface area contributed by atoms with Crippen molar-refractivity contribution >= 4 is 36.4 Å². The molecule has 25 heavy (non-hydrogen) atoms. The number of ether oxygens (including phenoxy) is 1. The van der Waals surface area contributed by atoms with Gasteiger partial charge in [0.15, 0.2) is 0 Å². The van der Waals surface area contributed by atoms with E-state index >= 15 is 0 Å². The number of nitrogens with zero attached hydrogens (tertiary/aromatic N) is 2. The van der Waals surface area contributed by atoms with Gasteiger partial charge in [-0.05, 0) is 25.0 Å². The van der Waals surface area contributed by atoms with Crippen LogP contribution in [0, 0.1) is 11.6 Å². The van der Waals surface area contributed by atoms with Gasteiger partial charge in [-0.25, -0.2) is 8.78 Å². The molecule has 5 nitrogen and oxygen atoms in total. The average Bonchev–Trinajstić information content (AvgIpc) is 2.57. The lowest BCUT2D eigenvalue weighted by molar-refractivity contribution is -0.140. The zero-order valence-corrected chi connectivity index (χ0v) is 15.4. The Morgan fingerprint density at radius 1 is 1.08 bits per heavy atom. The van der Waals surface area contributed by atoms with Crippen LogP contribution in [0.15, 0.2) is 18.2 Å². The van der Waals surface area contributed by atoms with Gasteiger partial charge in [0.25, 0.3) is 0 Å². The van der Waals surface area contributed by atoms with Gasteiger partial charge in [-0.2, -0.15) is 0 Å². The minimum atomic E-state index is -0.857. The summed E-state index contributed by atoms with van der Waals surface area (Å²) in [5.41, 5.74) is 5.61. The Kier molecular flexibility index (Phi) is 7.87. The molecule has 0 atom stereocenters. The van der Waals surface area contributed by atoms with Crippen molar-refractivity contribution in [3.8, 4) is 0 Å². The number of nitrogens with two attached hydrogens (primary N) is 1. The monoisotopic (exact) mass is 397 g/mol. The molecule has 9 heteroatoms. The maximum Gasteiger partial charge on any atom is 0.242 e. The molecule has 2 fully saturated rings. The van der Waals surface area contributed by atoms with Crippen LogP contribution in [0.4, 0.5) is 14.5 Å². The molecule has 2 saturated heterocycles. The molecule has 0 aromatic heterocycles. The zero-order valence-electron chi connectivity index (χ0n) is 13.7. The smallest absolute Gasteiger partial charge is 0.242 e. The Morgan fingerprint density at radius 3 is 2.28 bits per heavy atom. The normalized spacial score (nSPS) is 19.6. The number of amides is 1. The van der Waals surface area contributed by atoms with Crippen LogP contribution < -0.4 is 10.6 Å². The topological polar surface area (TPSA) is 58.8 Å². The van der Waals surface area contributed by atoms with Crippen LogP contribution in [0.3, 0.4) is 0 Å². The highest BCUT2D eigenvalue weighted by molar-refractivity contribution is 5.86. The second-order valence-electron chi connectivity index (χ2n) is 6.14. The first kappa shape index (κ1) is 21.9. The van der Waals surface area contributed by atoms with E-state index < -0.39 is 17.2 Å². The van der Waals surface area contributed by atoms with Crippen molar-refractivity contribution in [1.82, 2.24) is 4.90 Å². The number of anilines is 1. The predicted octanol–water partition coefficient (Wildman–Crippen LogP) is 1.96. The van der Waals surface area contributed by atoms with Gasteiger partial charge in [-0.3, -0.25) is 4.79 Å². The highest BCUT2D eigenvalue weighted by atomic mass is 35.5. The third-order valence-electron chi connectivity index (χ3n) is 4.63. The Balaban J connectivity index is 0.00000156. The summed E-state index contributed by atoms with van der Waals surface area (Å²) in [6.07, 6.45) is 1.04. The van der Waals surface area contributed by atoms with Crippen molar-refractivity contribution in [1.29, 1.82) is 0 Å². The van der Waals surface area contributed by atoms with Gasteiger partial charge < -0.3 is 20.3 Å². The van der Waals surface area contributed by atoms with E-state index in [1.165, 1.54) is 6.07 Å². The van der Waals surface area contributed by atoms with E-state index in [2.05, 4.69) is 0 Å². The molecule has 3 rings (SSSR count). The summed E-state index contributed by atoms with van der Waals surface area (Å²) in [7, 11) is 0. The molecule has 2 heterocycles. The highest BCUT2D eigenvalue weighted by Crippen LogP contribution is 2.24. The number of hydrogen-bond acceptors (Lipinski definition) is 4. The number of halogens is 4. The molecule has 0 unspecified atom stereocenters. The maximum absolute atomic E-state index is 13.8. The van der Waals surface area contributed by atoms with E-state index in [9.17, 15) is 13.6 Å². The number of carbonyl (C=O) groups excluding carboxylic acids is 1. The number of hydrogen-bond donors (Lipinski definition) is 1. The molecule has 0 saturated carbocycles. The van der Waals surface area contributed by atoms with Gasteiger partial charge in [0.2, 0.25) is 5.91 Å². The van der Waals surface area contributed by atoms with Crippen molar-refractivity contribution in [2.75, 3.05) is 44.3 Å². The Morgan fingerprint density at radius 2 is 1.68 bits per heavy atom. The van der Waals surface area contributed by atoms with E-state index in [1.807, 2.05) is 0 Å². The second-order valence-corrected chi connectivity index (χ2v) is 6.14. The first-order chi connectivity index (χ1) is 11.0. The molecule has 0 aliphatic carbocycles. The van der Waals surface area contributed by atoms with Gasteiger partial charge in [0.1, 0.15) is 11.6 Å². The van der Waals surface area contributed by atoms with Gasteiger partial charge in [0, 0.05) is 45.5 Å². The second kappa shape index (κ2) is 8.98. The van der Waals surface area contributed by atoms with Crippen LogP contribution in [0.1, 0.15) is 12.8 Å². The minimum Gasteiger partial charge on any atom is -0.381 e. The van der Waals surface area contributed by atoms with Gasteiger partial charge >= 0.3 is 0 Å². The fourth-order valence-corrected chi connectivity index (χ4v) is 3.14. The van der Waals surface area contributed by atoms with Gasteiger partial charge in [-0.15, -0.1) is 24.8 Å². The molecule has 1 aromatic carbocycles. The molecular formula is C16H23Cl2F2N3O2. The standard InChI is InChI=1S/C16H21F2N3O2.2ClH/c17-12-1-2-13(18)14(11-12)20-5-7-21(8-6-20)15(22)16(19)3-9-23-10-4-16;;/h1-2,11H,3-10,19H2;2*1H. The number of benzene rings is 1. The summed E-state index contributed by atoms with van der Waals surface area (Å²) in [6, 6.07) is 3.41. The predicted molar refractivity (Wildman–Crippen MR) is 96.6 cm³/mol. The largest absolute Gasteiger partial charge is 0.381 e. The fraction of sp³-hybridized carbons (Fsp3) is 0.562. The van der Waals surface area contributed by atoms with E-state index in [1.54, 1.807) is 9.80 Å². The van der Waals surface area contributed by atoms with Crippen LogP contribution in [0.2, 0.25) is 0 Å². The van der Waals surface area contributed by atoms with Gasteiger partial charge in [-0.1, -0.05) is 0 Å². The third kappa shape index (κ3) is 4.73. The van der Waals surface area contributed by atoms with E-state index in [4.69, 9.17) is 10.5 Å². The Bertz CT molecular complexity index is 593. The summed E-state index contributed by atoms with van der Waals surface area (Å²) in [6.45, 7) is 2.81. The van der Waals surface area contributed by atoms with Gasteiger partial charge in [0.05, 0.1) is 11.2 Å². The highest BCUT2D eigenvalue weighted by Gasteiger charge is 2.39. The van der Waals surface area contributed by atoms with Crippen LogP contribution >= 0.6 is 24.8 Å².